The second kappa shape index (κ2) is 7.20. The molecule has 0 fully saturated rings. The Bertz CT molecular complexity index is 894. The van der Waals surface area contributed by atoms with Gasteiger partial charge < -0.3 is 5.32 Å². The maximum absolute atomic E-state index is 13.2. The number of anilines is 1. The molecule has 2 aliphatic rings. The highest BCUT2D eigenvalue weighted by Gasteiger charge is 2.47. The topological polar surface area (TPSA) is 81.8 Å². The second-order valence-corrected chi connectivity index (χ2v) is 6.77. The zero-order valence-electron chi connectivity index (χ0n) is 14.1. The highest BCUT2D eigenvalue weighted by atomic mass is 32.2. The molecule has 4 amide bonds. The summed E-state index contributed by atoms with van der Waals surface area (Å²) in [7, 11) is 2.96. The molecule has 0 spiro atoms. The zero-order valence-corrected chi connectivity index (χ0v) is 14.9. The first kappa shape index (κ1) is 18.0. The van der Waals surface area contributed by atoms with Crippen molar-refractivity contribution in [2.75, 3.05) is 25.2 Å². The van der Waals surface area contributed by atoms with Crippen LogP contribution >= 0.6 is 11.8 Å². The van der Waals surface area contributed by atoms with Gasteiger partial charge in [0, 0.05) is 10.6 Å². The van der Waals surface area contributed by atoms with Gasteiger partial charge in [-0.1, -0.05) is 6.07 Å². The van der Waals surface area contributed by atoms with Gasteiger partial charge in [-0.05, 0) is 24.3 Å². The normalized spacial score (nSPS) is 19.4. The molecule has 26 heavy (non-hydrogen) atoms. The molecule has 1 N–H and O–H groups in total. The number of hydrogen-bond acceptors (Lipinski definition) is 5. The van der Waals surface area contributed by atoms with Crippen molar-refractivity contribution in [2.45, 2.75) is 0 Å². The Kier molecular flexibility index (Phi) is 4.99. The van der Waals surface area contributed by atoms with E-state index in [0.717, 1.165) is 4.90 Å². The van der Waals surface area contributed by atoms with Crippen molar-refractivity contribution in [1.29, 1.82) is 0 Å². The van der Waals surface area contributed by atoms with Gasteiger partial charge in [0.2, 0.25) is 5.91 Å². The number of dihydropyridines is 1. The van der Waals surface area contributed by atoms with Crippen LogP contribution in [-0.4, -0.2) is 59.2 Å². The summed E-state index contributed by atoms with van der Waals surface area (Å²) in [6, 6.07) is 5.15. The number of aliphatic imine (C=N–C) groups is 1. The quantitative estimate of drug-likeness (QED) is 0.813. The molecule has 0 bridgehead atoms. The smallest absolute Gasteiger partial charge is 0.325 e. The lowest BCUT2D eigenvalue weighted by Gasteiger charge is -2.26. The van der Waals surface area contributed by atoms with Crippen molar-refractivity contribution >= 4 is 47.3 Å². The van der Waals surface area contributed by atoms with E-state index in [9.17, 15) is 18.8 Å². The molecule has 0 aromatic heterocycles. The predicted molar refractivity (Wildman–Crippen MR) is 96.9 cm³/mol. The fourth-order valence-corrected chi connectivity index (χ4v) is 3.55. The molecule has 134 valence electrons. The summed E-state index contributed by atoms with van der Waals surface area (Å²) in [5.74, 6) is -1.48. The maximum Gasteiger partial charge on any atom is 0.445 e. The SMILES string of the molecule is CN1C(=O)C2C(SCC(=O)Nc3cccc(F)c3)=CC=NC2=[N+](C)C1=O. The van der Waals surface area contributed by atoms with Crippen LogP contribution in [0.3, 0.4) is 0 Å². The Morgan fingerprint density at radius 3 is 2.92 bits per heavy atom. The number of fused-ring (bicyclic) bond motifs is 1. The predicted octanol–water partition coefficient (Wildman–Crippen LogP) is 1.71. The summed E-state index contributed by atoms with van der Waals surface area (Å²) in [6.07, 6.45) is 3.16. The van der Waals surface area contributed by atoms with Crippen LogP contribution in [0.1, 0.15) is 0 Å². The van der Waals surface area contributed by atoms with E-state index in [1.165, 1.54) is 47.8 Å². The highest BCUT2D eigenvalue weighted by Crippen LogP contribution is 2.31. The van der Waals surface area contributed by atoms with Gasteiger partial charge in [-0.25, -0.2) is 9.18 Å². The molecule has 0 aliphatic carbocycles. The fraction of sp³-hybridized carbons (Fsp3) is 0.235. The first-order valence-electron chi connectivity index (χ1n) is 7.73. The number of benzene rings is 1. The number of thioether (sulfide) groups is 1. The van der Waals surface area contributed by atoms with E-state index in [0.29, 0.717) is 16.4 Å². The van der Waals surface area contributed by atoms with E-state index in [-0.39, 0.29) is 17.6 Å². The van der Waals surface area contributed by atoms with Crippen LogP contribution in [0.2, 0.25) is 0 Å². The number of urea groups is 1. The zero-order chi connectivity index (χ0) is 18.8. The molecule has 1 unspecified atom stereocenters. The lowest BCUT2D eigenvalue weighted by atomic mass is 10.0. The second-order valence-electron chi connectivity index (χ2n) is 5.72. The molecule has 9 heteroatoms. The number of allylic oxidation sites excluding steroid dienone is 1. The third-order valence-electron chi connectivity index (χ3n) is 3.96. The monoisotopic (exact) mass is 375 g/mol. The third kappa shape index (κ3) is 3.43. The minimum atomic E-state index is -0.709. The lowest BCUT2D eigenvalue weighted by molar-refractivity contribution is -0.407. The number of carbonyl (C=O) groups is 3. The van der Waals surface area contributed by atoms with Crippen LogP contribution in [0.4, 0.5) is 14.9 Å². The Morgan fingerprint density at radius 1 is 1.42 bits per heavy atom. The molecule has 0 saturated carbocycles. The number of imide groups is 1. The van der Waals surface area contributed by atoms with Gasteiger partial charge in [-0.15, -0.1) is 16.8 Å². The molecule has 1 atom stereocenters. The van der Waals surface area contributed by atoms with Crippen molar-refractivity contribution in [3.05, 3.63) is 41.1 Å². The summed E-state index contributed by atoms with van der Waals surface area (Å²) in [4.78, 5) is 42.4. The number of amides is 4. The van der Waals surface area contributed by atoms with Crippen molar-refractivity contribution in [3.8, 4) is 0 Å². The van der Waals surface area contributed by atoms with Crippen molar-refractivity contribution in [1.82, 2.24) is 4.90 Å². The number of rotatable bonds is 4. The molecule has 2 heterocycles. The van der Waals surface area contributed by atoms with Gasteiger partial charge >= 0.3 is 11.9 Å². The summed E-state index contributed by atoms with van der Waals surface area (Å²) >= 11 is 1.18. The molecule has 1 aromatic carbocycles. The molecule has 0 saturated heterocycles. The van der Waals surface area contributed by atoms with Crippen LogP contribution in [0.25, 0.3) is 0 Å². The molecular weight excluding hydrogens is 359 g/mol. The Hall–Kier alpha value is -2.81. The Labute approximate surface area is 153 Å². The first-order chi connectivity index (χ1) is 12.4. The number of halogens is 1. The van der Waals surface area contributed by atoms with Gasteiger partial charge in [0.05, 0.1) is 19.8 Å². The van der Waals surface area contributed by atoms with Crippen LogP contribution in [-0.2, 0) is 9.59 Å². The van der Waals surface area contributed by atoms with E-state index >= 15 is 0 Å². The van der Waals surface area contributed by atoms with E-state index in [1.807, 2.05) is 0 Å². The minimum absolute atomic E-state index is 0.0363. The number of nitrogens with one attached hydrogen (secondary N) is 1. The van der Waals surface area contributed by atoms with Gasteiger partial charge in [0.1, 0.15) is 12.0 Å². The third-order valence-corrected chi connectivity index (χ3v) is 5.07. The number of amidine groups is 1. The number of carbonyl (C=O) groups excluding carboxylic acids is 3. The van der Waals surface area contributed by atoms with Gasteiger partial charge in [0.15, 0.2) is 5.92 Å². The van der Waals surface area contributed by atoms with Crippen molar-refractivity contribution in [2.24, 2.45) is 10.9 Å². The van der Waals surface area contributed by atoms with Gasteiger partial charge in [-0.3, -0.25) is 9.59 Å². The number of hydrogen-bond donors (Lipinski definition) is 1. The van der Waals surface area contributed by atoms with Crippen LogP contribution < -0.4 is 5.32 Å². The lowest BCUT2D eigenvalue weighted by Crippen LogP contribution is -2.52. The van der Waals surface area contributed by atoms with E-state index < -0.39 is 17.8 Å². The summed E-state index contributed by atoms with van der Waals surface area (Å²) < 4.78 is 14.5. The summed E-state index contributed by atoms with van der Waals surface area (Å²) in [5.41, 5.74) is 0.362. The van der Waals surface area contributed by atoms with Gasteiger partial charge in [-0.2, -0.15) is 9.48 Å². The van der Waals surface area contributed by atoms with Gasteiger partial charge in [0.25, 0.3) is 5.84 Å². The summed E-state index contributed by atoms with van der Waals surface area (Å²) in [6.45, 7) is 0. The minimum Gasteiger partial charge on any atom is -0.325 e. The fourth-order valence-electron chi connectivity index (χ4n) is 2.65. The largest absolute Gasteiger partial charge is 0.445 e. The molecule has 1 aromatic rings. The first-order valence-corrected chi connectivity index (χ1v) is 8.71. The van der Waals surface area contributed by atoms with Crippen LogP contribution in [0.5, 0.6) is 0 Å². The molecule has 2 aliphatic heterocycles. The molecule has 0 radical (unpaired) electrons. The summed E-state index contributed by atoms with van der Waals surface area (Å²) in [5, 5.41) is 2.60. The molecule has 3 rings (SSSR count). The van der Waals surface area contributed by atoms with Crippen LogP contribution in [0, 0.1) is 11.7 Å². The van der Waals surface area contributed by atoms with Crippen molar-refractivity contribution < 1.29 is 23.3 Å². The number of nitrogens with zero attached hydrogens (tertiary/aromatic N) is 3. The van der Waals surface area contributed by atoms with E-state index in [2.05, 4.69) is 10.3 Å². The average Bonchev–Trinajstić information content (AvgIpc) is 2.62. The molecule has 7 nitrogen and oxygen atoms in total. The Balaban J connectivity index is 1.71. The average molecular weight is 375 g/mol. The maximum atomic E-state index is 13.2. The highest BCUT2D eigenvalue weighted by molar-refractivity contribution is 8.03. The van der Waals surface area contributed by atoms with Crippen molar-refractivity contribution in [3.63, 3.8) is 0 Å². The van der Waals surface area contributed by atoms with E-state index in [4.69, 9.17) is 0 Å². The standard InChI is InChI=1S/C17H15FN4O3S/c1-21-15-14(16(24)22(2)17(21)25)12(6-7-19-15)26-9-13(23)20-11-5-3-4-10(18)8-11/h3-8,14H,9H2,1-2H3/p+1. The Morgan fingerprint density at radius 2 is 2.19 bits per heavy atom. The van der Waals surface area contributed by atoms with E-state index in [1.54, 1.807) is 19.2 Å². The molecular formula is C17H16FN4O3S+. The van der Waals surface area contributed by atoms with Crippen LogP contribution in [0.15, 0.2) is 40.2 Å².